The van der Waals surface area contributed by atoms with Crippen LogP contribution in [-0.4, -0.2) is 40.5 Å². The molecule has 3 rings (SSSR count). The number of nitrogens with zero attached hydrogens (tertiary/aromatic N) is 2. The minimum Gasteiger partial charge on any atom is -0.323 e. The predicted octanol–water partition coefficient (Wildman–Crippen LogP) is 1.19. The second-order valence-electron chi connectivity index (χ2n) is 5.61. The summed E-state index contributed by atoms with van der Waals surface area (Å²) in [6.45, 7) is 5.86. The first kappa shape index (κ1) is 14.5. The standard InChI is InChI=1S/C14H20N4O2S/c1-3-10-11(21-9(2)16-10)8-18-12(19)14(17-13(18)20)4-6-15-7-5-14/h15H,3-8H2,1-2H3,(H,17,20). The molecule has 114 valence electrons. The summed E-state index contributed by atoms with van der Waals surface area (Å²) in [6, 6.07) is -0.269. The zero-order valence-electron chi connectivity index (χ0n) is 12.4. The van der Waals surface area contributed by atoms with Gasteiger partial charge in [-0.25, -0.2) is 9.78 Å². The zero-order valence-corrected chi connectivity index (χ0v) is 13.2. The maximum Gasteiger partial charge on any atom is 0.325 e. The Bertz CT molecular complexity index is 578. The summed E-state index contributed by atoms with van der Waals surface area (Å²) >= 11 is 1.57. The van der Waals surface area contributed by atoms with Gasteiger partial charge >= 0.3 is 6.03 Å². The molecule has 0 aliphatic carbocycles. The van der Waals surface area contributed by atoms with Crippen molar-refractivity contribution in [2.24, 2.45) is 0 Å². The van der Waals surface area contributed by atoms with Gasteiger partial charge in [0.05, 0.1) is 17.2 Å². The first-order valence-electron chi connectivity index (χ1n) is 7.36. The summed E-state index contributed by atoms with van der Waals surface area (Å²) in [5, 5.41) is 7.12. The predicted molar refractivity (Wildman–Crippen MR) is 80.1 cm³/mol. The number of hydrogen-bond acceptors (Lipinski definition) is 5. The Balaban J connectivity index is 1.82. The van der Waals surface area contributed by atoms with Gasteiger partial charge in [-0.05, 0) is 39.3 Å². The van der Waals surface area contributed by atoms with E-state index < -0.39 is 5.54 Å². The van der Waals surface area contributed by atoms with E-state index in [0.29, 0.717) is 19.4 Å². The molecule has 7 heteroatoms. The number of thiazole rings is 1. The molecule has 1 aromatic rings. The van der Waals surface area contributed by atoms with E-state index in [1.807, 2.05) is 13.8 Å². The highest BCUT2D eigenvalue weighted by Crippen LogP contribution is 2.29. The van der Waals surface area contributed by atoms with E-state index in [2.05, 4.69) is 15.6 Å². The van der Waals surface area contributed by atoms with Crippen molar-refractivity contribution in [3.8, 4) is 0 Å². The van der Waals surface area contributed by atoms with Gasteiger partial charge in [0.2, 0.25) is 0 Å². The summed E-state index contributed by atoms with van der Waals surface area (Å²) in [4.78, 5) is 31.8. The summed E-state index contributed by atoms with van der Waals surface area (Å²) in [6.07, 6.45) is 2.14. The van der Waals surface area contributed by atoms with Crippen molar-refractivity contribution in [3.63, 3.8) is 0 Å². The molecule has 1 spiro atoms. The Morgan fingerprint density at radius 3 is 2.71 bits per heavy atom. The van der Waals surface area contributed by atoms with Crippen molar-refractivity contribution >= 4 is 23.3 Å². The lowest BCUT2D eigenvalue weighted by atomic mass is 9.88. The fourth-order valence-electron chi connectivity index (χ4n) is 3.07. The van der Waals surface area contributed by atoms with Crippen LogP contribution in [0.2, 0.25) is 0 Å². The minimum absolute atomic E-state index is 0.0814. The van der Waals surface area contributed by atoms with E-state index in [4.69, 9.17) is 0 Å². The molecule has 0 aromatic carbocycles. The Hall–Kier alpha value is -1.47. The molecule has 2 aliphatic heterocycles. The maximum absolute atomic E-state index is 12.7. The van der Waals surface area contributed by atoms with E-state index in [9.17, 15) is 9.59 Å². The fourth-order valence-corrected chi connectivity index (χ4v) is 4.08. The first-order valence-corrected chi connectivity index (χ1v) is 8.17. The first-order chi connectivity index (χ1) is 10.1. The summed E-state index contributed by atoms with van der Waals surface area (Å²) in [5.41, 5.74) is 0.304. The minimum atomic E-state index is -0.686. The van der Waals surface area contributed by atoms with Crippen LogP contribution in [0.4, 0.5) is 4.79 Å². The van der Waals surface area contributed by atoms with Crippen LogP contribution in [0, 0.1) is 6.92 Å². The van der Waals surface area contributed by atoms with E-state index in [1.165, 1.54) is 4.90 Å². The quantitative estimate of drug-likeness (QED) is 0.823. The van der Waals surface area contributed by atoms with Gasteiger partial charge in [0.25, 0.3) is 5.91 Å². The highest BCUT2D eigenvalue weighted by atomic mass is 32.1. The second-order valence-corrected chi connectivity index (χ2v) is 6.90. The number of piperidine rings is 1. The lowest BCUT2D eigenvalue weighted by Crippen LogP contribution is -2.53. The molecule has 2 fully saturated rings. The van der Waals surface area contributed by atoms with Gasteiger partial charge in [-0.15, -0.1) is 11.3 Å². The highest BCUT2D eigenvalue weighted by Gasteiger charge is 2.51. The Morgan fingerprint density at radius 2 is 2.05 bits per heavy atom. The molecule has 0 saturated carbocycles. The molecule has 0 atom stereocenters. The van der Waals surface area contributed by atoms with Crippen LogP contribution >= 0.6 is 11.3 Å². The maximum atomic E-state index is 12.7. The van der Waals surface area contributed by atoms with Crippen molar-refractivity contribution < 1.29 is 9.59 Å². The highest BCUT2D eigenvalue weighted by molar-refractivity contribution is 7.11. The molecule has 3 amide bonds. The van der Waals surface area contributed by atoms with Crippen LogP contribution in [0.15, 0.2) is 0 Å². The normalized spacial score (nSPS) is 21.1. The number of carbonyl (C=O) groups excluding carboxylic acids is 2. The van der Waals surface area contributed by atoms with Crippen LogP contribution < -0.4 is 10.6 Å². The van der Waals surface area contributed by atoms with E-state index in [1.54, 1.807) is 11.3 Å². The molecule has 21 heavy (non-hydrogen) atoms. The molecule has 6 nitrogen and oxygen atoms in total. The van der Waals surface area contributed by atoms with Gasteiger partial charge in [0.1, 0.15) is 5.54 Å². The van der Waals surface area contributed by atoms with Crippen molar-refractivity contribution in [2.75, 3.05) is 13.1 Å². The van der Waals surface area contributed by atoms with Gasteiger partial charge in [-0.2, -0.15) is 0 Å². The molecule has 1 aromatic heterocycles. The average Bonchev–Trinajstić information content (AvgIpc) is 2.93. The third-order valence-corrected chi connectivity index (χ3v) is 5.22. The molecule has 0 bridgehead atoms. The van der Waals surface area contributed by atoms with Gasteiger partial charge in [-0.3, -0.25) is 9.69 Å². The van der Waals surface area contributed by atoms with Gasteiger partial charge in [0.15, 0.2) is 0 Å². The second kappa shape index (κ2) is 5.38. The number of urea groups is 1. The summed E-state index contributed by atoms with van der Waals surface area (Å²) in [5.74, 6) is -0.0814. The van der Waals surface area contributed by atoms with Crippen molar-refractivity contribution in [1.82, 2.24) is 20.5 Å². The van der Waals surface area contributed by atoms with Gasteiger partial charge < -0.3 is 10.6 Å². The number of rotatable bonds is 3. The lowest BCUT2D eigenvalue weighted by molar-refractivity contribution is -0.132. The third-order valence-electron chi connectivity index (χ3n) is 4.22. The van der Waals surface area contributed by atoms with Gasteiger partial charge in [0, 0.05) is 4.88 Å². The Labute approximate surface area is 127 Å². The fraction of sp³-hybridized carbons (Fsp3) is 0.643. The van der Waals surface area contributed by atoms with Crippen LogP contribution in [0.25, 0.3) is 0 Å². The largest absolute Gasteiger partial charge is 0.325 e. The van der Waals surface area contributed by atoms with Crippen molar-refractivity contribution in [2.45, 2.75) is 45.2 Å². The number of carbonyl (C=O) groups is 2. The number of aromatic nitrogens is 1. The SMILES string of the molecule is CCc1nc(C)sc1CN1C(=O)NC2(CCNCC2)C1=O. The number of amides is 3. The third kappa shape index (κ3) is 2.44. The number of aryl methyl sites for hydroxylation is 2. The molecular formula is C14H20N4O2S. The number of imide groups is 1. The molecule has 0 radical (unpaired) electrons. The smallest absolute Gasteiger partial charge is 0.323 e. The van der Waals surface area contributed by atoms with Crippen LogP contribution in [-0.2, 0) is 17.8 Å². The molecule has 0 unspecified atom stereocenters. The summed E-state index contributed by atoms with van der Waals surface area (Å²) < 4.78 is 0. The van der Waals surface area contributed by atoms with Crippen LogP contribution in [0.3, 0.4) is 0 Å². The van der Waals surface area contributed by atoms with Crippen LogP contribution in [0.1, 0.15) is 35.3 Å². The molecule has 2 aliphatic rings. The van der Waals surface area contributed by atoms with Crippen molar-refractivity contribution in [3.05, 3.63) is 15.6 Å². The molecule has 3 heterocycles. The monoisotopic (exact) mass is 308 g/mol. The van der Waals surface area contributed by atoms with E-state index >= 15 is 0 Å². The molecule has 2 saturated heterocycles. The molecule has 2 N–H and O–H groups in total. The molecular weight excluding hydrogens is 288 g/mol. The van der Waals surface area contributed by atoms with Crippen LogP contribution in [0.5, 0.6) is 0 Å². The zero-order chi connectivity index (χ0) is 15.0. The average molecular weight is 308 g/mol. The summed E-state index contributed by atoms with van der Waals surface area (Å²) in [7, 11) is 0. The lowest BCUT2D eigenvalue weighted by Gasteiger charge is -2.31. The Morgan fingerprint density at radius 1 is 1.33 bits per heavy atom. The Kier molecular flexibility index (Phi) is 3.71. The number of hydrogen-bond donors (Lipinski definition) is 2. The number of nitrogens with one attached hydrogen (secondary N) is 2. The van der Waals surface area contributed by atoms with E-state index in [0.717, 1.165) is 35.1 Å². The van der Waals surface area contributed by atoms with Gasteiger partial charge in [-0.1, -0.05) is 6.92 Å². The van der Waals surface area contributed by atoms with E-state index in [-0.39, 0.29) is 11.9 Å². The topological polar surface area (TPSA) is 74.3 Å². The van der Waals surface area contributed by atoms with Crippen molar-refractivity contribution in [1.29, 1.82) is 0 Å².